The van der Waals surface area contributed by atoms with E-state index in [1.807, 2.05) is 31.2 Å². The highest BCUT2D eigenvalue weighted by molar-refractivity contribution is 7.92. The van der Waals surface area contributed by atoms with E-state index in [0.717, 1.165) is 11.1 Å². The van der Waals surface area contributed by atoms with Crippen molar-refractivity contribution in [1.82, 2.24) is 10.3 Å². The highest BCUT2D eigenvalue weighted by Crippen LogP contribution is 2.22. The summed E-state index contributed by atoms with van der Waals surface area (Å²) in [5.74, 6) is 0.0334. The highest BCUT2D eigenvalue weighted by atomic mass is 32.2. The third-order valence-electron chi connectivity index (χ3n) is 2.75. The van der Waals surface area contributed by atoms with Gasteiger partial charge in [0.2, 0.25) is 10.0 Å². The lowest BCUT2D eigenvalue weighted by atomic mass is 10.2. The second-order valence-corrected chi connectivity index (χ2v) is 6.20. The number of hydrogen-bond donors (Lipinski definition) is 2. The molecule has 0 atom stereocenters. The van der Waals surface area contributed by atoms with Crippen LogP contribution in [0.3, 0.4) is 0 Å². The van der Waals surface area contributed by atoms with Crippen LogP contribution in [0.4, 0.5) is 5.69 Å². The van der Waals surface area contributed by atoms with Gasteiger partial charge < -0.3 is 5.32 Å². The molecule has 2 rings (SSSR count). The number of aromatic nitrogens is 1. The second-order valence-electron chi connectivity index (χ2n) is 4.35. The van der Waals surface area contributed by atoms with Crippen LogP contribution in [0.1, 0.15) is 5.69 Å². The van der Waals surface area contributed by atoms with Crippen molar-refractivity contribution in [2.24, 2.45) is 0 Å². The summed E-state index contributed by atoms with van der Waals surface area (Å²) in [6.07, 6.45) is 0. The van der Waals surface area contributed by atoms with Crippen molar-refractivity contribution < 1.29 is 8.42 Å². The van der Waals surface area contributed by atoms with Gasteiger partial charge in [0.15, 0.2) is 0 Å². The zero-order valence-electron chi connectivity index (χ0n) is 11.0. The molecular weight excluding hydrogens is 262 g/mol. The van der Waals surface area contributed by atoms with E-state index in [4.69, 9.17) is 0 Å². The molecular formula is C13H17N3O2S. The number of rotatable bonds is 5. The maximum atomic E-state index is 11.9. The number of aryl methyl sites for hydroxylation is 1. The molecule has 0 aliphatic rings. The number of benzene rings is 1. The quantitative estimate of drug-likeness (QED) is 0.870. The SMILES string of the molecule is CNCCS(=O)(=O)Nc1cccc2ccc(C)nc12. The normalized spacial score (nSPS) is 11.7. The van der Waals surface area contributed by atoms with E-state index in [1.54, 1.807) is 13.1 Å². The van der Waals surface area contributed by atoms with Gasteiger partial charge in [-0.2, -0.15) is 0 Å². The lowest BCUT2D eigenvalue weighted by Gasteiger charge is -2.10. The minimum absolute atomic E-state index is 0.0334. The van der Waals surface area contributed by atoms with Gasteiger partial charge >= 0.3 is 0 Å². The maximum absolute atomic E-state index is 11.9. The largest absolute Gasteiger partial charge is 0.319 e. The van der Waals surface area contributed by atoms with Gasteiger partial charge in [-0.25, -0.2) is 8.42 Å². The monoisotopic (exact) mass is 279 g/mol. The number of anilines is 1. The summed E-state index contributed by atoms with van der Waals surface area (Å²) in [5.41, 5.74) is 2.06. The summed E-state index contributed by atoms with van der Waals surface area (Å²) < 4.78 is 26.4. The number of nitrogens with zero attached hydrogens (tertiary/aromatic N) is 1. The van der Waals surface area contributed by atoms with E-state index >= 15 is 0 Å². The van der Waals surface area contributed by atoms with Gasteiger partial charge in [0.05, 0.1) is 17.0 Å². The number of nitrogens with one attached hydrogen (secondary N) is 2. The second kappa shape index (κ2) is 5.54. The predicted molar refractivity (Wildman–Crippen MR) is 77.8 cm³/mol. The number of sulfonamides is 1. The van der Waals surface area contributed by atoms with Crippen LogP contribution in [0.15, 0.2) is 30.3 Å². The molecule has 1 aromatic heterocycles. The first kappa shape index (κ1) is 13.8. The van der Waals surface area contributed by atoms with Crippen LogP contribution in [-0.2, 0) is 10.0 Å². The Labute approximate surface area is 113 Å². The molecule has 2 N–H and O–H groups in total. The fourth-order valence-electron chi connectivity index (χ4n) is 1.78. The Morgan fingerprint density at radius 2 is 2.00 bits per heavy atom. The van der Waals surface area contributed by atoms with Crippen molar-refractivity contribution in [3.05, 3.63) is 36.0 Å². The van der Waals surface area contributed by atoms with Crippen LogP contribution < -0.4 is 10.0 Å². The van der Waals surface area contributed by atoms with Crippen LogP contribution in [-0.4, -0.2) is 32.7 Å². The highest BCUT2D eigenvalue weighted by Gasteiger charge is 2.12. The molecule has 6 heteroatoms. The fraction of sp³-hybridized carbons (Fsp3) is 0.308. The minimum atomic E-state index is -3.35. The van der Waals surface area contributed by atoms with Gasteiger partial charge in [-0.1, -0.05) is 18.2 Å². The Morgan fingerprint density at radius 3 is 2.74 bits per heavy atom. The Balaban J connectivity index is 2.38. The van der Waals surface area contributed by atoms with E-state index in [2.05, 4.69) is 15.0 Å². The van der Waals surface area contributed by atoms with Gasteiger partial charge in [0.1, 0.15) is 0 Å². The molecule has 1 heterocycles. The fourth-order valence-corrected chi connectivity index (χ4v) is 2.86. The number of hydrogen-bond acceptors (Lipinski definition) is 4. The molecule has 0 amide bonds. The molecule has 19 heavy (non-hydrogen) atoms. The van der Waals surface area contributed by atoms with E-state index in [1.165, 1.54) is 0 Å². The molecule has 102 valence electrons. The third-order valence-corrected chi connectivity index (χ3v) is 4.02. The topological polar surface area (TPSA) is 71.1 Å². The van der Waals surface area contributed by atoms with Gasteiger partial charge in [-0.3, -0.25) is 9.71 Å². The molecule has 0 aliphatic heterocycles. The summed E-state index contributed by atoms with van der Waals surface area (Å²) in [4.78, 5) is 4.40. The molecule has 2 aromatic rings. The summed E-state index contributed by atoms with van der Waals surface area (Å²) in [6.45, 7) is 2.29. The van der Waals surface area contributed by atoms with Crippen LogP contribution in [0, 0.1) is 6.92 Å². The molecule has 5 nitrogen and oxygen atoms in total. The van der Waals surface area contributed by atoms with E-state index in [0.29, 0.717) is 17.7 Å². The van der Waals surface area contributed by atoms with E-state index in [9.17, 15) is 8.42 Å². The third kappa shape index (κ3) is 3.42. The first-order valence-electron chi connectivity index (χ1n) is 6.03. The zero-order valence-corrected chi connectivity index (χ0v) is 11.8. The smallest absolute Gasteiger partial charge is 0.234 e. The van der Waals surface area contributed by atoms with Crippen molar-refractivity contribution in [2.75, 3.05) is 24.1 Å². The van der Waals surface area contributed by atoms with E-state index < -0.39 is 10.0 Å². The number of para-hydroxylation sites is 1. The standard InChI is InChI=1S/C13H17N3O2S/c1-10-6-7-11-4-3-5-12(13(11)15-10)16-19(17,18)9-8-14-2/h3-7,14,16H,8-9H2,1-2H3. The first-order chi connectivity index (χ1) is 9.02. The summed E-state index contributed by atoms with van der Waals surface area (Å²) in [6, 6.07) is 9.29. The molecule has 0 saturated heterocycles. The van der Waals surface area contributed by atoms with Crippen molar-refractivity contribution in [1.29, 1.82) is 0 Å². The molecule has 0 unspecified atom stereocenters. The van der Waals surface area contributed by atoms with Crippen LogP contribution in [0.25, 0.3) is 10.9 Å². The first-order valence-corrected chi connectivity index (χ1v) is 7.68. The Morgan fingerprint density at radius 1 is 1.21 bits per heavy atom. The van der Waals surface area contributed by atoms with Crippen molar-refractivity contribution in [2.45, 2.75) is 6.92 Å². The lowest BCUT2D eigenvalue weighted by molar-refractivity contribution is 0.599. The molecule has 0 fully saturated rings. The Bertz CT molecular complexity index is 683. The lowest BCUT2D eigenvalue weighted by Crippen LogP contribution is -2.24. The van der Waals surface area contributed by atoms with Crippen LogP contribution >= 0.6 is 0 Å². The van der Waals surface area contributed by atoms with Gasteiger partial charge in [0.25, 0.3) is 0 Å². The molecule has 0 bridgehead atoms. The van der Waals surface area contributed by atoms with Crippen molar-refractivity contribution in [3.63, 3.8) is 0 Å². The minimum Gasteiger partial charge on any atom is -0.319 e. The summed E-state index contributed by atoms with van der Waals surface area (Å²) >= 11 is 0. The van der Waals surface area contributed by atoms with Crippen molar-refractivity contribution in [3.8, 4) is 0 Å². The van der Waals surface area contributed by atoms with Crippen LogP contribution in [0.5, 0.6) is 0 Å². The average molecular weight is 279 g/mol. The van der Waals surface area contributed by atoms with E-state index in [-0.39, 0.29) is 5.75 Å². The molecule has 0 radical (unpaired) electrons. The average Bonchev–Trinajstić information content (AvgIpc) is 2.37. The predicted octanol–water partition coefficient (Wildman–Crippen LogP) is 1.50. The summed E-state index contributed by atoms with van der Waals surface area (Å²) in [5, 5.41) is 3.74. The van der Waals surface area contributed by atoms with Crippen LogP contribution in [0.2, 0.25) is 0 Å². The van der Waals surface area contributed by atoms with Crippen molar-refractivity contribution >= 4 is 26.6 Å². The summed E-state index contributed by atoms with van der Waals surface area (Å²) in [7, 11) is -1.63. The number of pyridine rings is 1. The Hall–Kier alpha value is -1.66. The maximum Gasteiger partial charge on any atom is 0.234 e. The molecule has 1 aromatic carbocycles. The zero-order chi connectivity index (χ0) is 13.9. The number of fused-ring (bicyclic) bond motifs is 1. The molecule has 0 saturated carbocycles. The molecule has 0 aliphatic carbocycles. The Kier molecular flexibility index (Phi) is 4.01. The van der Waals surface area contributed by atoms with Gasteiger partial charge in [-0.05, 0) is 26.1 Å². The van der Waals surface area contributed by atoms with Gasteiger partial charge in [0, 0.05) is 17.6 Å². The molecule has 0 spiro atoms. The van der Waals surface area contributed by atoms with Gasteiger partial charge in [-0.15, -0.1) is 0 Å².